The fourth-order valence-corrected chi connectivity index (χ4v) is 4.05. The van der Waals surface area contributed by atoms with Gasteiger partial charge in [0.25, 0.3) is 11.8 Å². The van der Waals surface area contributed by atoms with Crippen molar-refractivity contribution in [2.45, 2.75) is 0 Å². The molecule has 5 rings (SSSR count). The summed E-state index contributed by atoms with van der Waals surface area (Å²) in [5, 5.41) is 3.08. The number of pyridine rings is 1. The van der Waals surface area contributed by atoms with Crippen LogP contribution in [-0.2, 0) is 4.79 Å². The number of fused-ring (bicyclic) bond motifs is 1. The van der Waals surface area contributed by atoms with Gasteiger partial charge in [0.05, 0.1) is 17.9 Å². The Morgan fingerprint density at radius 3 is 2.79 bits per heavy atom. The van der Waals surface area contributed by atoms with E-state index in [9.17, 15) is 18.4 Å². The number of nitrogens with one attached hydrogen (secondary N) is 1. The molecule has 0 radical (unpaired) electrons. The summed E-state index contributed by atoms with van der Waals surface area (Å²) in [6, 6.07) is 10.4. The normalized spacial score (nSPS) is 15.1. The average molecular weight is 486 g/mol. The zero-order chi connectivity index (χ0) is 23.8. The van der Waals surface area contributed by atoms with E-state index >= 15 is 0 Å². The van der Waals surface area contributed by atoms with E-state index in [-0.39, 0.29) is 35.4 Å². The molecule has 1 aromatic heterocycles. The largest absolute Gasteiger partial charge is 0.493 e. The summed E-state index contributed by atoms with van der Waals surface area (Å²) in [5.74, 6) is -1.34. The van der Waals surface area contributed by atoms with Gasteiger partial charge in [0.2, 0.25) is 5.95 Å². The Balaban J connectivity index is 1.23. The minimum Gasteiger partial charge on any atom is -0.493 e. The monoisotopic (exact) mass is 485 g/mol. The Hall–Kier alpha value is -3.72. The fourth-order valence-electron chi connectivity index (χ4n) is 3.87. The lowest BCUT2D eigenvalue weighted by molar-refractivity contribution is -0.118. The number of amides is 2. The number of hydrogen-bond donors (Lipinski definition) is 1. The first-order valence-electron chi connectivity index (χ1n) is 10.5. The second kappa shape index (κ2) is 8.90. The minimum absolute atomic E-state index is 0.0440. The van der Waals surface area contributed by atoms with Crippen LogP contribution in [0.15, 0.2) is 48.7 Å². The van der Waals surface area contributed by atoms with E-state index in [1.165, 1.54) is 23.2 Å². The van der Waals surface area contributed by atoms with Gasteiger partial charge < -0.3 is 19.7 Å². The van der Waals surface area contributed by atoms with Crippen LogP contribution in [0, 0.1) is 17.7 Å². The fraction of sp³-hybridized carbons (Fsp3) is 0.208. The van der Waals surface area contributed by atoms with Crippen molar-refractivity contribution in [3.8, 4) is 22.6 Å². The molecule has 3 heterocycles. The van der Waals surface area contributed by atoms with E-state index < -0.39 is 17.7 Å². The molecule has 1 fully saturated rings. The van der Waals surface area contributed by atoms with Gasteiger partial charge in [0.15, 0.2) is 6.61 Å². The van der Waals surface area contributed by atoms with Gasteiger partial charge in [-0.25, -0.2) is 9.37 Å². The van der Waals surface area contributed by atoms with Crippen molar-refractivity contribution in [1.82, 2.24) is 9.88 Å². The van der Waals surface area contributed by atoms with Crippen LogP contribution < -0.4 is 14.8 Å². The van der Waals surface area contributed by atoms with Crippen LogP contribution in [-0.4, -0.2) is 48.0 Å². The predicted octanol–water partition coefficient (Wildman–Crippen LogP) is 4.16. The summed E-state index contributed by atoms with van der Waals surface area (Å²) in [6.45, 7) is 0.905. The van der Waals surface area contributed by atoms with Gasteiger partial charge in [-0.2, -0.15) is 4.39 Å². The highest BCUT2D eigenvalue weighted by Crippen LogP contribution is 2.34. The van der Waals surface area contributed by atoms with E-state index in [1.54, 1.807) is 24.3 Å². The molecule has 1 saturated heterocycles. The maximum atomic E-state index is 14.5. The van der Waals surface area contributed by atoms with E-state index in [0.717, 1.165) is 6.07 Å². The van der Waals surface area contributed by atoms with Crippen molar-refractivity contribution < 1.29 is 27.8 Å². The van der Waals surface area contributed by atoms with Gasteiger partial charge in [0.1, 0.15) is 17.3 Å². The smallest absolute Gasteiger partial charge is 0.262 e. The number of hydrogen-bond acceptors (Lipinski definition) is 5. The molecule has 34 heavy (non-hydrogen) atoms. The number of halogens is 3. The molecular weight excluding hydrogens is 468 g/mol. The molecule has 2 aliphatic rings. The molecule has 0 unspecified atom stereocenters. The molecule has 174 valence electrons. The number of rotatable bonds is 5. The summed E-state index contributed by atoms with van der Waals surface area (Å²) in [7, 11) is 0. The molecule has 7 nitrogen and oxygen atoms in total. The highest BCUT2D eigenvalue weighted by molar-refractivity contribution is 6.31. The molecule has 0 spiro atoms. The second-order valence-corrected chi connectivity index (χ2v) is 8.50. The highest BCUT2D eigenvalue weighted by Gasteiger charge is 2.34. The molecule has 0 atom stereocenters. The van der Waals surface area contributed by atoms with E-state index in [2.05, 4.69) is 10.3 Å². The lowest BCUT2D eigenvalue weighted by Crippen LogP contribution is -2.52. The average Bonchev–Trinajstić information content (AvgIpc) is 2.79. The third-order valence-electron chi connectivity index (χ3n) is 5.63. The number of ether oxygens (including phenoxy) is 2. The van der Waals surface area contributed by atoms with Gasteiger partial charge >= 0.3 is 0 Å². The quantitative estimate of drug-likeness (QED) is 0.549. The maximum Gasteiger partial charge on any atom is 0.262 e. The van der Waals surface area contributed by atoms with Crippen LogP contribution in [0.2, 0.25) is 5.02 Å². The SMILES string of the molecule is O=C1COc2cc(F)c(C(=O)N3CC(COc4ccc(Cl)cc4-c4ccc(F)nc4)C3)cc2N1. The number of aromatic nitrogens is 1. The molecule has 3 aromatic rings. The second-order valence-electron chi connectivity index (χ2n) is 8.06. The standard InChI is InChI=1S/C24H18ClF2N3O4/c25-15-2-3-20(16(5-15)14-1-4-22(27)28-8-14)33-11-13-9-30(10-13)24(32)17-6-19-21(7-18(17)26)34-12-23(31)29-19/h1-8,13H,9-12H2,(H,29,31). The lowest BCUT2D eigenvalue weighted by atomic mass is 9.99. The molecule has 2 amide bonds. The number of benzene rings is 2. The topological polar surface area (TPSA) is 80.8 Å². The molecule has 2 aromatic carbocycles. The first kappa shape index (κ1) is 22.1. The van der Waals surface area contributed by atoms with E-state index in [4.69, 9.17) is 21.1 Å². The number of carbonyl (C=O) groups is 2. The third kappa shape index (κ3) is 4.38. The Labute approximate surface area is 198 Å². The molecule has 2 aliphatic heterocycles. The summed E-state index contributed by atoms with van der Waals surface area (Å²) < 4.78 is 38.8. The van der Waals surface area contributed by atoms with Crippen molar-refractivity contribution in [3.63, 3.8) is 0 Å². The number of nitrogens with zero attached hydrogens (tertiary/aromatic N) is 2. The summed E-state index contributed by atoms with van der Waals surface area (Å²) >= 11 is 6.12. The van der Waals surface area contributed by atoms with Gasteiger partial charge in [0, 0.05) is 47.4 Å². The summed E-state index contributed by atoms with van der Waals surface area (Å²) in [4.78, 5) is 29.5. The van der Waals surface area contributed by atoms with E-state index in [0.29, 0.717) is 41.6 Å². The highest BCUT2D eigenvalue weighted by atomic mass is 35.5. The molecule has 0 bridgehead atoms. The molecule has 1 N–H and O–H groups in total. The molecule has 10 heteroatoms. The van der Waals surface area contributed by atoms with Crippen LogP contribution in [0.1, 0.15) is 10.4 Å². The maximum absolute atomic E-state index is 14.5. The van der Waals surface area contributed by atoms with Crippen molar-refractivity contribution in [3.05, 3.63) is 71.0 Å². The van der Waals surface area contributed by atoms with Crippen LogP contribution >= 0.6 is 11.6 Å². The first-order chi connectivity index (χ1) is 16.4. The Bertz CT molecular complexity index is 1280. The van der Waals surface area contributed by atoms with Crippen LogP contribution in [0.3, 0.4) is 0 Å². The van der Waals surface area contributed by atoms with Crippen molar-refractivity contribution >= 4 is 29.1 Å². The first-order valence-corrected chi connectivity index (χ1v) is 10.8. The third-order valence-corrected chi connectivity index (χ3v) is 5.87. The van der Waals surface area contributed by atoms with Gasteiger partial charge in [-0.1, -0.05) is 11.6 Å². The predicted molar refractivity (Wildman–Crippen MR) is 120 cm³/mol. The number of anilines is 1. The Morgan fingerprint density at radius 1 is 1.21 bits per heavy atom. The summed E-state index contributed by atoms with van der Waals surface area (Å²) in [5.41, 5.74) is 1.47. The van der Waals surface area contributed by atoms with Crippen molar-refractivity contribution in [1.29, 1.82) is 0 Å². The summed E-state index contributed by atoms with van der Waals surface area (Å²) in [6.07, 6.45) is 1.40. The molecule has 0 aliphatic carbocycles. The van der Waals surface area contributed by atoms with Crippen molar-refractivity contribution in [2.75, 3.05) is 31.6 Å². The lowest BCUT2D eigenvalue weighted by Gasteiger charge is -2.39. The van der Waals surface area contributed by atoms with Gasteiger partial charge in [-0.15, -0.1) is 0 Å². The minimum atomic E-state index is -0.710. The van der Waals surface area contributed by atoms with Gasteiger partial charge in [-0.05, 0) is 36.4 Å². The number of likely N-dealkylation sites (tertiary alicyclic amines) is 1. The number of carbonyl (C=O) groups excluding carboxylic acids is 2. The van der Waals surface area contributed by atoms with E-state index in [1.807, 2.05) is 0 Å². The molecule has 0 saturated carbocycles. The van der Waals surface area contributed by atoms with Crippen LogP contribution in [0.5, 0.6) is 11.5 Å². The zero-order valence-corrected chi connectivity index (χ0v) is 18.4. The molecular formula is C24H18ClF2N3O4. The van der Waals surface area contributed by atoms with Crippen LogP contribution in [0.4, 0.5) is 14.5 Å². The van der Waals surface area contributed by atoms with Crippen molar-refractivity contribution in [2.24, 2.45) is 5.92 Å². The van der Waals surface area contributed by atoms with Gasteiger partial charge in [-0.3, -0.25) is 9.59 Å². The Kier molecular flexibility index (Phi) is 5.79. The Morgan fingerprint density at radius 2 is 2.03 bits per heavy atom. The van der Waals surface area contributed by atoms with Crippen LogP contribution in [0.25, 0.3) is 11.1 Å². The zero-order valence-electron chi connectivity index (χ0n) is 17.7.